The number of nitrogens with one attached hydrogen (secondary N) is 2. The van der Waals surface area contributed by atoms with Crippen molar-refractivity contribution in [1.82, 2.24) is 15.5 Å². The van der Waals surface area contributed by atoms with Crippen LogP contribution in [0.15, 0.2) is 12.2 Å². The molecule has 0 aromatic rings. The van der Waals surface area contributed by atoms with E-state index in [-0.39, 0.29) is 35.7 Å². The minimum absolute atomic E-state index is 0.0900. The van der Waals surface area contributed by atoms with E-state index >= 15 is 0 Å². The molecule has 2 bridgehead atoms. The van der Waals surface area contributed by atoms with Crippen LogP contribution in [0.4, 0.5) is 0 Å². The molecule has 2 N–H and O–H groups in total. The van der Waals surface area contributed by atoms with Crippen molar-refractivity contribution in [1.29, 1.82) is 0 Å². The zero-order valence-corrected chi connectivity index (χ0v) is 19.3. The Morgan fingerprint density at radius 1 is 1.03 bits per heavy atom. The fourth-order valence-electron chi connectivity index (χ4n) is 6.75. The SMILES string of the molecule is CC(C)CN1C(=O)[C@@H]2[C@@H](C(=O)NC3CCCCC3)[C@H]3C=C[C@@]2(O3)[C@H]1C(=O)NC1CCCC1. The quantitative estimate of drug-likeness (QED) is 0.617. The summed E-state index contributed by atoms with van der Waals surface area (Å²) in [6, 6.07) is -0.362. The maximum absolute atomic E-state index is 13.7. The van der Waals surface area contributed by atoms with Crippen LogP contribution in [-0.4, -0.2) is 59.0 Å². The summed E-state index contributed by atoms with van der Waals surface area (Å²) in [6.07, 6.45) is 13.1. The van der Waals surface area contributed by atoms with Crippen LogP contribution in [0.1, 0.15) is 71.6 Å². The number of rotatable bonds is 6. The van der Waals surface area contributed by atoms with Gasteiger partial charge in [-0.1, -0.05) is 58.1 Å². The van der Waals surface area contributed by atoms with Gasteiger partial charge in [0, 0.05) is 18.6 Å². The van der Waals surface area contributed by atoms with Gasteiger partial charge in [-0.25, -0.2) is 0 Å². The van der Waals surface area contributed by atoms with Crippen LogP contribution >= 0.6 is 0 Å². The molecule has 2 saturated carbocycles. The summed E-state index contributed by atoms with van der Waals surface area (Å²) >= 11 is 0. The number of hydrogen-bond donors (Lipinski definition) is 2. The molecule has 3 amide bonds. The predicted octanol–water partition coefficient (Wildman–Crippen LogP) is 2.30. The highest BCUT2D eigenvalue weighted by Crippen LogP contribution is 2.55. The zero-order valence-electron chi connectivity index (χ0n) is 19.3. The maximum atomic E-state index is 13.7. The van der Waals surface area contributed by atoms with Gasteiger partial charge < -0.3 is 20.3 Å². The van der Waals surface area contributed by atoms with Crippen molar-refractivity contribution in [2.45, 2.75) is 101 Å². The molecular formula is C25H37N3O4. The lowest BCUT2D eigenvalue weighted by atomic mass is 9.74. The Bertz CT molecular complexity index is 799. The van der Waals surface area contributed by atoms with E-state index in [9.17, 15) is 14.4 Å². The first-order valence-electron chi connectivity index (χ1n) is 12.7. The number of hydrogen-bond acceptors (Lipinski definition) is 4. The summed E-state index contributed by atoms with van der Waals surface area (Å²) < 4.78 is 6.39. The largest absolute Gasteiger partial charge is 0.359 e. The van der Waals surface area contributed by atoms with Gasteiger partial charge in [-0.3, -0.25) is 14.4 Å². The molecule has 3 aliphatic heterocycles. The summed E-state index contributed by atoms with van der Waals surface area (Å²) in [4.78, 5) is 42.3. The minimum Gasteiger partial charge on any atom is -0.359 e. The lowest BCUT2D eigenvalue weighted by molar-refractivity contribution is -0.142. The van der Waals surface area contributed by atoms with Gasteiger partial charge in [0.05, 0.1) is 17.9 Å². The number of likely N-dealkylation sites (tertiary alicyclic amines) is 1. The molecule has 7 heteroatoms. The summed E-state index contributed by atoms with van der Waals surface area (Å²) in [7, 11) is 0. The van der Waals surface area contributed by atoms with E-state index in [2.05, 4.69) is 10.6 Å². The van der Waals surface area contributed by atoms with Crippen LogP contribution in [0, 0.1) is 17.8 Å². The van der Waals surface area contributed by atoms with Gasteiger partial charge >= 0.3 is 0 Å². The van der Waals surface area contributed by atoms with Crippen molar-refractivity contribution in [3.63, 3.8) is 0 Å². The fraction of sp³-hybridized carbons (Fsp3) is 0.800. The van der Waals surface area contributed by atoms with E-state index in [0.29, 0.717) is 6.54 Å². The van der Waals surface area contributed by atoms with Crippen molar-refractivity contribution in [2.24, 2.45) is 17.8 Å². The third-order valence-corrected chi connectivity index (χ3v) is 8.14. The van der Waals surface area contributed by atoms with Gasteiger partial charge in [-0.2, -0.15) is 0 Å². The number of amides is 3. The fourth-order valence-corrected chi connectivity index (χ4v) is 6.75. The second-order valence-electron chi connectivity index (χ2n) is 10.9. The molecule has 0 radical (unpaired) electrons. The van der Waals surface area contributed by atoms with Crippen molar-refractivity contribution >= 4 is 17.7 Å². The molecule has 7 nitrogen and oxygen atoms in total. The van der Waals surface area contributed by atoms with Crippen LogP contribution in [-0.2, 0) is 19.1 Å². The first-order valence-corrected chi connectivity index (χ1v) is 12.7. The van der Waals surface area contributed by atoms with E-state index in [1.807, 2.05) is 26.0 Å². The molecule has 4 fully saturated rings. The highest BCUT2D eigenvalue weighted by Gasteiger charge is 2.72. The molecule has 1 spiro atoms. The molecule has 5 atom stereocenters. The number of carbonyl (C=O) groups is 3. The number of fused-ring (bicyclic) bond motifs is 1. The normalized spacial score (nSPS) is 36.8. The van der Waals surface area contributed by atoms with Gasteiger partial charge in [0.25, 0.3) is 0 Å². The topological polar surface area (TPSA) is 87.7 Å². The molecular weight excluding hydrogens is 406 g/mol. The van der Waals surface area contributed by atoms with E-state index in [1.165, 1.54) is 6.42 Å². The Kier molecular flexibility index (Phi) is 5.81. The van der Waals surface area contributed by atoms with Crippen molar-refractivity contribution < 1.29 is 19.1 Å². The Labute approximate surface area is 190 Å². The summed E-state index contributed by atoms with van der Waals surface area (Å²) in [5, 5.41) is 6.41. The van der Waals surface area contributed by atoms with E-state index in [1.54, 1.807) is 4.90 Å². The molecule has 2 aliphatic carbocycles. The average Bonchev–Trinajstić information content (AvgIpc) is 3.51. The zero-order chi connectivity index (χ0) is 22.5. The van der Waals surface area contributed by atoms with Gasteiger partial charge in [0.15, 0.2) is 0 Å². The Hall–Kier alpha value is -1.89. The van der Waals surface area contributed by atoms with Crippen LogP contribution in [0.5, 0.6) is 0 Å². The second-order valence-corrected chi connectivity index (χ2v) is 10.9. The molecule has 176 valence electrons. The number of ether oxygens (including phenoxy) is 1. The second kappa shape index (κ2) is 8.47. The summed E-state index contributed by atoms with van der Waals surface area (Å²) in [5.41, 5.74) is -1.03. The first kappa shape index (κ1) is 21.9. The Morgan fingerprint density at radius 3 is 2.25 bits per heavy atom. The minimum atomic E-state index is -1.03. The smallest absolute Gasteiger partial charge is 0.246 e. The van der Waals surface area contributed by atoms with Gasteiger partial charge in [-0.05, 0) is 31.6 Å². The van der Waals surface area contributed by atoms with Crippen molar-refractivity contribution in [3.8, 4) is 0 Å². The van der Waals surface area contributed by atoms with Crippen LogP contribution in [0.2, 0.25) is 0 Å². The molecule has 5 aliphatic rings. The molecule has 0 aromatic heterocycles. The lowest BCUT2D eigenvalue weighted by Gasteiger charge is -2.33. The van der Waals surface area contributed by atoms with Crippen molar-refractivity contribution in [3.05, 3.63) is 12.2 Å². The van der Waals surface area contributed by atoms with E-state index < -0.39 is 29.6 Å². The Morgan fingerprint density at radius 2 is 1.62 bits per heavy atom. The standard InChI is InChI=1S/C25H37N3O4/c1-15(2)14-28-21(23(30)27-17-10-6-7-11-17)25-13-12-18(32-25)19(20(25)24(28)31)22(29)26-16-8-4-3-5-9-16/h12-13,15-21H,3-11,14H2,1-2H3,(H,26,29)(H,27,30)/t18-,19+,20+,21-,25+/m1/s1. The number of carbonyl (C=O) groups excluding carboxylic acids is 3. The first-order chi connectivity index (χ1) is 15.4. The van der Waals surface area contributed by atoms with Crippen LogP contribution in [0.25, 0.3) is 0 Å². The maximum Gasteiger partial charge on any atom is 0.246 e. The summed E-state index contributed by atoms with van der Waals surface area (Å²) in [5.74, 6) is -1.31. The molecule has 32 heavy (non-hydrogen) atoms. The highest BCUT2D eigenvalue weighted by molar-refractivity contribution is 6.00. The van der Waals surface area contributed by atoms with Gasteiger partial charge in [0.1, 0.15) is 11.6 Å². The molecule has 2 saturated heterocycles. The summed E-state index contributed by atoms with van der Waals surface area (Å²) in [6.45, 7) is 4.58. The van der Waals surface area contributed by atoms with Crippen molar-refractivity contribution in [2.75, 3.05) is 6.54 Å². The molecule has 0 aromatic carbocycles. The van der Waals surface area contributed by atoms with Gasteiger partial charge in [-0.15, -0.1) is 0 Å². The molecule has 5 rings (SSSR count). The predicted molar refractivity (Wildman–Crippen MR) is 119 cm³/mol. The van der Waals surface area contributed by atoms with E-state index in [0.717, 1.165) is 51.4 Å². The molecule has 0 unspecified atom stereocenters. The van der Waals surface area contributed by atoms with Crippen LogP contribution < -0.4 is 10.6 Å². The van der Waals surface area contributed by atoms with Crippen LogP contribution in [0.3, 0.4) is 0 Å². The highest BCUT2D eigenvalue weighted by atomic mass is 16.5. The Balaban J connectivity index is 1.41. The van der Waals surface area contributed by atoms with Gasteiger partial charge in [0.2, 0.25) is 17.7 Å². The third-order valence-electron chi connectivity index (χ3n) is 8.14. The average molecular weight is 444 g/mol. The van der Waals surface area contributed by atoms with E-state index in [4.69, 9.17) is 4.74 Å². The third kappa shape index (κ3) is 3.57. The molecule has 3 heterocycles. The number of nitrogens with zero attached hydrogens (tertiary/aromatic N) is 1. The monoisotopic (exact) mass is 443 g/mol. The lowest BCUT2D eigenvalue weighted by Crippen LogP contribution is -2.56.